The summed E-state index contributed by atoms with van der Waals surface area (Å²) in [6.45, 7) is 5.13. The van der Waals surface area contributed by atoms with Gasteiger partial charge in [-0.05, 0) is 103 Å². The van der Waals surface area contributed by atoms with E-state index < -0.39 is 6.10 Å². The zero-order chi connectivity index (χ0) is 42.6. The van der Waals surface area contributed by atoms with Gasteiger partial charge in [-0.1, -0.05) is 207 Å². The van der Waals surface area contributed by atoms with Gasteiger partial charge in [0.15, 0.2) is 0 Å². The number of rotatable bonds is 44. The number of aliphatic hydroxyl groups is 1. The van der Waals surface area contributed by atoms with Crippen molar-refractivity contribution >= 4 is 5.97 Å². The molecular weight excluding hydrogens is 725 g/mol. The van der Waals surface area contributed by atoms with Gasteiger partial charge in [0.1, 0.15) is 6.10 Å². The molecule has 0 rings (SSSR count). The van der Waals surface area contributed by atoms with Crippen LogP contribution in [0.1, 0.15) is 206 Å². The van der Waals surface area contributed by atoms with Crippen molar-refractivity contribution in [2.75, 3.05) is 19.8 Å². The van der Waals surface area contributed by atoms with Crippen LogP contribution in [0.2, 0.25) is 0 Å². The maximum Gasteiger partial charge on any atom is 0.306 e. The van der Waals surface area contributed by atoms with E-state index in [0.29, 0.717) is 13.0 Å². The normalized spacial score (nSPS) is 13.3. The highest BCUT2D eigenvalue weighted by Gasteiger charge is 2.13. The van der Waals surface area contributed by atoms with Gasteiger partial charge in [0.25, 0.3) is 0 Å². The Hall–Kier alpha value is -2.95. The first-order valence-corrected chi connectivity index (χ1v) is 24.5. The zero-order valence-electron chi connectivity index (χ0n) is 38.5. The molecule has 0 aliphatic heterocycles. The number of hydrogen-bond donors (Lipinski definition) is 1. The minimum Gasteiger partial charge on any atom is -0.457 e. The quantitative estimate of drug-likeness (QED) is 0.0378. The topological polar surface area (TPSA) is 55.8 Å². The van der Waals surface area contributed by atoms with E-state index in [4.69, 9.17) is 9.47 Å². The Morgan fingerprint density at radius 1 is 0.424 bits per heavy atom. The van der Waals surface area contributed by atoms with Crippen LogP contribution in [0, 0.1) is 0 Å². The fourth-order valence-electron chi connectivity index (χ4n) is 6.46. The molecule has 0 aliphatic carbocycles. The molecule has 0 aromatic heterocycles. The van der Waals surface area contributed by atoms with Gasteiger partial charge in [0.2, 0.25) is 0 Å². The third-order valence-corrected chi connectivity index (χ3v) is 10.1. The summed E-state index contributed by atoms with van der Waals surface area (Å²) in [6.07, 6.45) is 74.5. The monoisotopic (exact) mass is 817 g/mol. The molecule has 0 radical (unpaired) electrons. The summed E-state index contributed by atoms with van der Waals surface area (Å²) in [5, 5.41) is 9.64. The second-order valence-electron chi connectivity index (χ2n) is 15.8. The molecule has 4 heteroatoms. The molecule has 0 saturated carbocycles. The lowest BCUT2D eigenvalue weighted by molar-refractivity contribution is -0.154. The summed E-state index contributed by atoms with van der Waals surface area (Å²) in [5.74, 6) is -0.221. The molecule has 1 unspecified atom stereocenters. The van der Waals surface area contributed by atoms with Gasteiger partial charge >= 0.3 is 5.97 Å². The number of unbranched alkanes of at least 4 members (excludes halogenated alkanes) is 18. The lowest BCUT2D eigenvalue weighted by Crippen LogP contribution is -2.27. The summed E-state index contributed by atoms with van der Waals surface area (Å²) in [4.78, 5) is 12.3. The van der Waals surface area contributed by atoms with Crippen molar-refractivity contribution in [1.82, 2.24) is 0 Å². The van der Waals surface area contributed by atoms with E-state index in [1.807, 2.05) is 0 Å². The Morgan fingerprint density at radius 2 is 0.763 bits per heavy atom. The molecule has 4 nitrogen and oxygen atoms in total. The van der Waals surface area contributed by atoms with Gasteiger partial charge in [-0.2, -0.15) is 0 Å². The predicted molar refractivity (Wildman–Crippen MR) is 260 cm³/mol. The van der Waals surface area contributed by atoms with E-state index in [1.54, 1.807) is 0 Å². The largest absolute Gasteiger partial charge is 0.457 e. The molecule has 0 aliphatic rings. The molecule has 0 fully saturated rings. The van der Waals surface area contributed by atoms with Crippen LogP contribution in [0.25, 0.3) is 0 Å². The Balaban J connectivity index is 3.54. The maximum atomic E-state index is 12.3. The Kier molecular flexibility index (Phi) is 48.6. The van der Waals surface area contributed by atoms with E-state index in [-0.39, 0.29) is 19.2 Å². The summed E-state index contributed by atoms with van der Waals surface area (Å²) in [5.41, 5.74) is 0. The summed E-state index contributed by atoms with van der Waals surface area (Å²) in [6, 6.07) is 0. The van der Waals surface area contributed by atoms with Crippen molar-refractivity contribution in [1.29, 1.82) is 0 Å². The van der Waals surface area contributed by atoms with Gasteiger partial charge in [-0.15, -0.1) is 0 Å². The Bertz CT molecular complexity index is 1130. The maximum absolute atomic E-state index is 12.3. The minimum absolute atomic E-state index is 0.194. The molecule has 336 valence electrons. The molecular formula is C55H92O4. The van der Waals surface area contributed by atoms with Crippen LogP contribution in [0.5, 0.6) is 0 Å². The summed E-state index contributed by atoms with van der Waals surface area (Å²) < 4.78 is 11.2. The van der Waals surface area contributed by atoms with Gasteiger partial charge in [0, 0.05) is 13.0 Å². The molecule has 0 aromatic rings. The second-order valence-corrected chi connectivity index (χ2v) is 15.8. The molecule has 0 heterocycles. The third-order valence-electron chi connectivity index (χ3n) is 10.1. The van der Waals surface area contributed by atoms with Crippen molar-refractivity contribution in [2.45, 2.75) is 213 Å². The van der Waals surface area contributed by atoms with Crippen molar-refractivity contribution < 1.29 is 19.4 Å². The molecule has 0 aromatic carbocycles. The SMILES string of the molecule is CC/C=C\C/C=C\C/C=C\C/C=C\C/C=C\C/C=C\CCCCCOCC(CO)OC(=O)CCCCCCCCCCCC/C=C\C/C=C\C/C=C\CCCCCCC. The highest BCUT2D eigenvalue weighted by molar-refractivity contribution is 5.69. The molecule has 0 spiro atoms. The van der Waals surface area contributed by atoms with Crippen LogP contribution in [-0.4, -0.2) is 37.0 Å². The van der Waals surface area contributed by atoms with Crippen molar-refractivity contribution in [3.8, 4) is 0 Å². The van der Waals surface area contributed by atoms with Crippen LogP contribution in [0.4, 0.5) is 0 Å². The molecule has 0 amide bonds. The molecule has 0 bridgehead atoms. The molecule has 0 saturated heterocycles. The van der Waals surface area contributed by atoms with Gasteiger partial charge < -0.3 is 14.6 Å². The second kappa shape index (κ2) is 51.2. The number of carbonyl (C=O) groups is 1. The molecule has 1 N–H and O–H groups in total. The van der Waals surface area contributed by atoms with Gasteiger partial charge in [-0.3, -0.25) is 4.79 Å². The number of hydrogen-bond acceptors (Lipinski definition) is 4. The van der Waals surface area contributed by atoms with E-state index in [2.05, 4.69) is 123 Å². The Morgan fingerprint density at radius 3 is 1.15 bits per heavy atom. The standard InChI is InChI=1S/C55H92O4/c1-3-5-7-9-11-13-15-17-19-21-23-25-27-28-29-30-32-34-36-38-40-42-44-46-48-50-55(57)59-54(52-56)53-58-51-49-47-45-43-41-39-37-35-33-31-26-24-22-20-18-16-14-12-10-8-6-4-2/h6,8,12,14-15,17-18,20-21,23-24,26-28,33,35,39,41,54,56H,3-5,7,9-11,13,16,19,22,25,29-32,34,36-38,40,42-53H2,1-2H3/b8-6-,14-12-,17-15-,20-18-,23-21-,26-24-,28-27-,35-33-,41-39-. The van der Waals surface area contributed by atoms with Crippen LogP contribution in [-0.2, 0) is 14.3 Å². The highest BCUT2D eigenvalue weighted by Crippen LogP contribution is 2.13. The summed E-state index contributed by atoms with van der Waals surface area (Å²) in [7, 11) is 0. The number of esters is 1. The van der Waals surface area contributed by atoms with Crippen LogP contribution in [0.15, 0.2) is 109 Å². The van der Waals surface area contributed by atoms with E-state index in [0.717, 1.165) is 89.9 Å². The lowest BCUT2D eigenvalue weighted by atomic mass is 10.0. The van der Waals surface area contributed by atoms with Crippen LogP contribution < -0.4 is 0 Å². The van der Waals surface area contributed by atoms with Crippen molar-refractivity contribution in [3.05, 3.63) is 109 Å². The fourth-order valence-corrected chi connectivity index (χ4v) is 6.46. The smallest absolute Gasteiger partial charge is 0.306 e. The number of ether oxygens (including phenoxy) is 2. The highest BCUT2D eigenvalue weighted by atomic mass is 16.6. The zero-order valence-corrected chi connectivity index (χ0v) is 38.5. The van der Waals surface area contributed by atoms with Crippen LogP contribution in [0.3, 0.4) is 0 Å². The van der Waals surface area contributed by atoms with Gasteiger partial charge in [0.05, 0.1) is 13.2 Å². The molecule has 59 heavy (non-hydrogen) atoms. The van der Waals surface area contributed by atoms with Crippen molar-refractivity contribution in [3.63, 3.8) is 0 Å². The van der Waals surface area contributed by atoms with Gasteiger partial charge in [-0.25, -0.2) is 0 Å². The Labute approximate surface area is 365 Å². The van der Waals surface area contributed by atoms with Crippen molar-refractivity contribution in [2.24, 2.45) is 0 Å². The first kappa shape index (κ1) is 56.0. The molecule has 1 atom stereocenters. The third kappa shape index (κ3) is 49.3. The number of carbonyl (C=O) groups excluding carboxylic acids is 1. The average molecular weight is 817 g/mol. The minimum atomic E-state index is -0.563. The number of allylic oxidation sites excluding steroid dienone is 18. The first-order chi connectivity index (χ1) is 29.2. The average Bonchev–Trinajstić information content (AvgIpc) is 3.24. The fraction of sp³-hybridized carbons (Fsp3) is 0.655. The lowest BCUT2D eigenvalue weighted by Gasteiger charge is -2.15. The van der Waals surface area contributed by atoms with E-state index in [1.165, 1.54) is 96.3 Å². The summed E-state index contributed by atoms with van der Waals surface area (Å²) >= 11 is 0. The first-order valence-electron chi connectivity index (χ1n) is 24.5. The predicted octanol–water partition coefficient (Wildman–Crippen LogP) is 16.7. The number of aliphatic hydroxyl groups excluding tert-OH is 1. The van der Waals surface area contributed by atoms with Crippen LogP contribution >= 0.6 is 0 Å². The van der Waals surface area contributed by atoms with E-state index >= 15 is 0 Å². The van der Waals surface area contributed by atoms with E-state index in [9.17, 15) is 9.90 Å².